The lowest BCUT2D eigenvalue weighted by Crippen LogP contribution is -2.54. The molecule has 19 nitrogen and oxygen atoms in total. The number of piperazine rings is 1. The van der Waals surface area contributed by atoms with E-state index in [-0.39, 0.29) is 92.7 Å². The predicted octanol–water partition coefficient (Wildman–Crippen LogP) is 5.15. The van der Waals surface area contributed by atoms with Crippen LogP contribution in [0.2, 0.25) is 0 Å². The number of ether oxygens (including phenoxy) is 1. The number of piperidine rings is 1. The van der Waals surface area contributed by atoms with Crippen LogP contribution in [0, 0.1) is 5.82 Å². The van der Waals surface area contributed by atoms with Crippen LogP contribution in [0.4, 0.5) is 34.0 Å². The maximum atomic E-state index is 15.6. The Labute approximate surface area is 392 Å². The van der Waals surface area contributed by atoms with Gasteiger partial charge < -0.3 is 29.3 Å². The molecule has 5 aromatic rings. The first-order valence-electron chi connectivity index (χ1n) is 22.5. The molecule has 6 amide bonds. The number of halogens is 4. The molecule has 3 aromatic heterocycles. The molecule has 0 radical (unpaired) electrons. The van der Waals surface area contributed by atoms with Crippen LogP contribution in [0.5, 0.6) is 5.88 Å². The average Bonchev–Trinajstić information content (AvgIpc) is 4.03. The quantitative estimate of drug-likeness (QED) is 0.0838. The second-order valence-corrected chi connectivity index (χ2v) is 17.4. The number of rotatable bonds is 14. The zero-order chi connectivity index (χ0) is 48.7. The molecule has 6 heterocycles. The molecular formula is C46H47F4N13O6. The van der Waals surface area contributed by atoms with Gasteiger partial charge in [0, 0.05) is 76.0 Å². The first-order chi connectivity index (χ1) is 33.1. The first kappa shape index (κ1) is 46.5. The number of hydrogen-bond acceptors (Lipinski definition) is 14. The van der Waals surface area contributed by atoms with Crippen molar-refractivity contribution in [2.45, 2.75) is 76.7 Å². The standard InChI is InChI=1S/C46H47F4N13O6/c1-25(2)62-22-34(46(48,49)50)56-39(62)28-7-5-26(6-8-28)21-61(44-55-24-53-38(58-44)36-37(27-9-10-27)52-23-54-41(36)69-3)14-4-13-51-45(68)60-17-15-59(16-18-60)33-20-30-29(19-31(33)47)42(66)63(43(30)67)32-11-12-35(64)57-40(32)65/h5-8,19-20,22-25,27,32H,4,9-18,21H2,1-3H3,(H,51,68)(H,57,64,65). The fraction of sp³-hybridized carbons (Fsp3) is 0.413. The van der Waals surface area contributed by atoms with Gasteiger partial charge in [0.15, 0.2) is 11.5 Å². The second-order valence-electron chi connectivity index (χ2n) is 17.4. The fourth-order valence-electron chi connectivity index (χ4n) is 8.79. The van der Waals surface area contributed by atoms with Gasteiger partial charge >= 0.3 is 12.2 Å². The number of benzene rings is 2. The van der Waals surface area contributed by atoms with Gasteiger partial charge in [-0.05, 0) is 57.2 Å². The summed E-state index contributed by atoms with van der Waals surface area (Å²) in [6.45, 7) is 5.32. The zero-order valence-corrected chi connectivity index (χ0v) is 37.8. The van der Waals surface area contributed by atoms with Crippen LogP contribution in [0.1, 0.15) is 95.6 Å². The molecular weight excluding hydrogens is 907 g/mol. The SMILES string of the molecule is COc1ncnc(C2CC2)c1-c1ncnc(N(CCCNC(=O)N2CCN(c3cc4c(cc3F)C(=O)N(C3CCC(=O)NC3=O)C4=O)CC2)Cc2ccc(-c3nc(C(F)(F)F)cn3C(C)C)cc2)n1. The Balaban J connectivity index is 0.866. The molecule has 3 fully saturated rings. The number of fused-ring (bicyclic) bond motifs is 1. The second kappa shape index (κ2) is 18.8. The van der Waals surface area contributed by atoms with Crippen LogP contribution >= 0.6 is 0 Å². The molecule has 1 unspecified atom stereocenters. The fourth-order valence-corrected chi connectivity index (χ4v) is 8.79. The minimum Gasteiger partial charge on any atom is -0.480 e. The molecule has 360 valence electrons. The lowest BCUT2D eigenvalue weighted by molar-refractivity contribution is -0.141. The number of urea groups is 1. The highest BCUT2D eigenvalue weighted by atomic mass is 19.4. The van der Waals surface area contributed by atoms with Crippen molar-refractivity contribution in [2.75, 3.05) is 56.2 Å². The van der Waals surface area contributed by atoms with Crippen LogP contribution in [0.25, 0.3) is 22.8 Å². The predicted molar refractivity (Wildman–Crippen MR) is 238 cm³/mol. The van der Waals surface area contributed by atoms with Crippen molar-refractivity contribution in [1.29, 1.82) is 0 Å². The summed E-state index contributed by atoms with van der Waals surface area (Å²) in [4.78, 5) is 96.8. The van der Waals surface area contributed by atoms with Gasteiger partial charge in [0.25, 0.3) is 11.8 Å². The lowest BCUT2D eigenvalue weighted by Gasteiger charge is -2.36. The Hall–Kier alpha value is -7.59. The molecule has 2 saturated heterocycles. The molecule has 2 aromatic carbocycles. The smallest absolute Gasteiger partial charge is 0.434 e. The van der Waals surface area contributed by atoms with Gasteiger partial charge in [0.1, 0.15) is 35.9 Å². The van der Waals surface area contributed by atoms with Gasteiger partial charge in [-0.1, -0.05) is 24.3 Å². The highest BCUT2D eigenvalue weighted by Crippen LogP contribution is 2.45. The van der Waals surface area contributed by atoms with E-state index >= 15 is 4.39 Å². The number of carbonyl (C=O) groups is 5. The minimum absolute atomic E-state index is 0.0284. The maximum Gasteiger partial charge on any atom is 0.434 e. The number of alkyl halides is 3. The van der Waals surface area contributed by atoms with E-state index in [0.29, 0.717) is 41.7 Å². The van der Waals surface area contributed by atoms with E-state index in [9.17, 15) is 37.1 Å². The number of nitrogens with one attached hydrogen (secondary N) is 2. The van der Waals surface area contributed by atoms with Crippen molar-refractivity contribution in [3.63, 3.8) is 0 Å². The van der Waals surface area contributed by atoms with Crippen molar-refractivity contribution < 1.29 is 46.3 Å². The third kappa shape index (κ3) is 9.48. The van der Waals surface area contributed by atoms with Crippen molar-refractivity contribution in [3.8, 4) is 28.7 Å². The first-order valence-corrected chi connectivity index (χ1v) is 22.5. The molecule has 9 rings (SSSR count). The molecule has 1 aliphatic carbocycles. The number of anilines is 2. The molecule has 0 spiro atoms. The van der Waals surface area contributed by atoms with E-state index in [1.807, 2.05) is 4.90 Å². The topological polar surface area (TPSA) is 214 Å². The van der Waals surface area contributed by atoms with Crippen molar-refractivity contribution in [3.05, 3.63) is 89.1 Å². The van der Waals surface area contributed by atoms with Gasteiger partial charge in [0.05, 0.1) is 29.6 Å². The van der Waals surface area contributed by atoms with Crippen LogP contribution in [-0.4, -0.2) is 126 Å². The molecule has 1 saturated carbocycles. The Morgan fingerprint density at radius 2 is 1.64 bits per heavy atom. The molecule has 23 heteroatoms. The average molecular weight is 954 g/mol. The van der Waals surface area contributed by atoms with Crippen LogP contribution < -0.4 is 25.2 Å². The molecule has 4 aliphatic rings. The largest absolute Gasteiger partial charge is 0.480 e. The monoisotopic (exact) mass is 953 g/mol. The van der Waals surface area contributed by atoms with E-state index in [2.05, 4.69) is 35.6 Å². The van der Waals surface area contributed by atoms with Gasteiger partial charge in [-0.3, -0.25) is 29.4 Å². The van der Waals surface area contributed by atoms with E-state index < -0.39 is 47.4 Å². The molecule has 2 N–H and O–H groups in total. The Kier molecular flexibility index (Phi) is 12.7. The number of imidazole rings is 1. The van der Waals surface area contributed by atoms with E-state index in [1.165, 1.54) is 30.4 Å². The van der Waals surface area contributed by atoms with Crippen molar-refractivity contribution >= 4 is 41.3 Å². The van der Waals surface area contributed by atoms with Gasteiger partial charge in [0.2, 0.25) is 23.6 Å². The molecule has 69 heavy (non-hydrogen) atoms. The zero-order valence-electron chi connectivity index (χ0n) is 37.8. The minimum atomic E-state index is -4.60. The number of imide groups is 2. The number of amides is 6. The summed E-state index contributed by atoms with van der Waals surface area (Å²) in [6, 6.07) is 7.54. The van der Waals surface area contributed by atoms with Crippen molar-refractivity contribution in [2.24, 2.45) is 0 Å². The Morgan fingerprint density at radius 1 is 0.928 bits per heavy atom. The third-order valence-corrected chi connectivity index (χ3v) is 12.5. The summed E-state index contributed by atoms with van der Waals surface area (Å²) in [5, 5.41) is 5.10. The van der Waals surface area contributed by atoms with Crippen LogP contribution in [0.15, 0.2) is 55.2 Å². The van der Waals surface area contributed by atoms with E-state index in [4.69, 9.17) is 9.72 Å². The summed E-state index contributed by atoms with van der Waals surface area (Å²) < 4.78 is 63.6. The van der Waals surface area contributed by atoms with Gasteiger partial charge in [-0.2, -0.15) is 18.2 Å². The number of nitrogens with zero attached hydrogens (tertiary/aromatic N) is 11. The third-order valence-electron chi connectivity index (χ3n) is 12.5. The Bertz CT molecular complexity index is 2830. The molecule has 3 aliphatic heterocycles. The van der Waals surface area contributed by atoms with E-state index in [0.717, 1.165) is 41.3 Å². The summed E-state index contributed by atoms with van der Waals surface area (Å²) in [6.07, 6.45) is 1.52. The molecule has 0 bridgehead atoms. The summed E-state index contributed by atoms with van der Waals surface area (Å²) >= 11 is 0. The summed E-state index contributed by atoms with van der Waals surface area (Å²) in [5.41, 5.74) is 1.54. The lowest BCUT2D eigenvalue weighted by atomic mass is 10.0. The Morgan fingerprint density at radius 3 is 2.30 bits per heavy atom. The normalized spacial score (nSPS) is 17.4. The maximum absolute atomic E-state index is 15.6. The highest BCUT2D eigenvalue weighted by molar-refractivity contribution is 6.23. The van der Waals surface area contributed by atoms with Crippen LogP contribution in [0.3, 0.4) is 0 Å². The summed E-state index contributed by atoms with van der Waals surface area (Å²) in [5.74, 6) is -2.19. The van der Waals surface area contributed by atoms with Crippen LogP contribution in [-0.2, 0) is 22.3 Å². The summed E-state index contributed by atoms with van der Waals surface area (Å²) in [7, 11) is 1.51. The number of aromatic nitrogens is 7. The number of methoxy groups -OCH3 is 1. The van der Waals surface area contributed by atoms with Gasteiger partial charge in [-0.25, -0.2) is 34.1 Å². The molecule has 1 atom stereocenters. The number of hydrogen-bond donors (Lipinski definition) is 2. The van der Waals surface area contributed by atoms with Gasteiger partial charge in [-0.15, -0.1) is 0 Å². The number of carbonyl (C=O) groups excluding carboxylic acids is 5. The van der Waals surface area contributed by atoms with E-state index in [1.54, 1.807) is 47.9 Å². The van der Waals surface area contributed by atoms with Crippen molar-refractivity contribution in [1.82, 2.24) is 54.9 Å². The highest BCUT2D eigenvalue weighted by Gasteiger charge is 2.45.